The summed E-state index contributed by atoms with van der Waals surface area (Å²) in [7, 11) is 6.21. The quantitative estimate of drug-likeness (QED) is 0.523. The second-order valence-corrected chi connectivity index (χ2v) is 10.00. The van der Waals surface area contributed by atoms with Gasteiger partial charge in [-0.25, -0.2) is 9.78 Å². The van der Waals surface area contributed by atoms with Gasteiger partial charge in [-0.2, -0.15) is 0 Å². The Balaban J connectivity index is 1.35. The van der Waals surface area contributed by atoms with E-state index in [2.05, 4.69) is 64.6 Å². The Kier molecular flexibility index (Phi) is 5.73. The van der Waals surface area contributed by atoms with Crippen LogP contribution in [0.25, 0.3) is 11.0 Å². The number of urea groups is 1. The van der Waals surface area contributed by atoms with Crippen molar-refractivity contribution < 1.29 is 9.90 Å². The molecule has 0 atom stereocenters. The lowest BCUT2D eigenvalue weighted by Crippen LogP contribution is -2.54. The van der Waals surface area contributed by atoms with Crippen molar-refractivity contribution in [2.24, 2.45) is 0 Å². The van der Waals surface area contributed by atoms with Gasteiger partial charge in [0.2, 0.25) is 5.95 Å². The minimum atomic E-state index is -0.208. The second kappa shape index (κ2) is 8.60. The van der Waals surface area contributed by atoms with E-state index in [4.69, 9.17) is 0 Å². The Morgan fingerprint density at radius 1 is 1.06 bits per heavy atom. The Morgan fingerprint density at radius 3 is 2.47 bits per heavy atom. The summed E-state index contributed by atoms with van der Waals surface area (Å²) in [5.41, 5.74) is 3.73. The number of benzene rings is 2. The summed E-state index contributed by atoms with van der Waals surface area (Å²) >= 11 is 0. The average Bonchev–Trinajstić information content (AvgIpc) is 3.41. The largest absolute Gasteiger partial charge is 0.395 e. The molecule has 8 heteroatoms. The molecular weight excluding hydrogens is 428 g/mol. The number of amides is 2. The summed E-state index contributed by atoms with van der Waals surface area (Å²) in [5.74, 6) is 0.705. The van der Waals surface area contributed by atoms with Gasteiger partial charge in [0.25, 0.3) is 0 Å². The molecule has 8 nitrogen and oxygen atoms in total. The second-order valence-electron chi connectivity index (χ2n) is 10.00. The third-order valence-electron chi connectivity index (χ3n) is 7.84. The van der Waals surface area contributed by atoms with Gasteiger partial charge in [-0.15, -0.1) is 0 Å². The van der Waals surface area contributed by atoms with Crippen LogP contribution in [0.1, 0.15) is 31.2 Å². The number of imidazole rings is 1. The topological polar surface area (TPSA) is 87.7 Å². The number of aliphatic hydroxyl groups excluding tert-OH is 1. The number of aromatic nitrogens is 2. The molecule has 3 N–H and O–H groups in total. The van der Waals surface area contributed by atoms with Crippen LogP contribution in [-0.2, 0) is 5.54 Å². The zero-order chi connectivity index (χ0) is 23.9. The van der Waals surface area contributed by atoms with Crippen LogP contribution in [0.5, 0.6) is 0 Å². The first kappa shape index (κ1) is 22.7. The molecule has 0 bridgehead atoms. The van der Waals surface area contributed by atoms with E-state index in [-0.39, 0.29) is 23.7 Å². The number of aliphatic hydroxyl groups is 1. The monoisotopic (exact) mass is 462 g/mol. The van der Waals surface area contributed by atoms with Crippen molar-refractivity contribution >= 4 is 28.7 Å². The smallest absolute Gasteiger partial charge is 0.322 e. The summed E-state index contributed by atoms with van der Waals surface area (Å²) < 4.78 is 0. The van der Waals surface area contributed by atoms with Gasteiger partial charge in [0.15, 0.2) is 0 Å². The number of anilines is 2. The minimum absolute atomic E-state index is 0.00349. The van der Waals surface area contributed by atoms with E-state index in [9.17, 15) is 9.90 Å². The van der Waals surface area contributed by atoms with Gasteiger partial charge >= 0.3 is 6.03 Å². The SMILES string of the molecule is CN(CCO)c1nc2ccc(N3CC4(CCC(c5ccccc5)(N(C)C)CC4)NC3=O)cc2[nH]1. The highest BCUT2D eigenvalue weighted by atomic mass is 16.3. The minimum Gasteiger partial charge on any atom is -0.395 e. The van der Waals surface area contributed by atoms with E-state index in [1.165, 1.54) is 5.56 Å². The van der Waals surface area contributed by atoms with Gasteiger partial charge in [0.1, 0.15) is 0 Å². The molecular formula is C26H34N6O2. The zero-order valence-corrected chi connectivity index (χ0v) is 20.2. The number of rotatable bonds is 6. The number of hydrogen-bond donors (Lipinski definition) is 3. The molecule has 2 amide bonds. The fraction of sp³-hybridized carbons (Fsp3) is 0.462. The van der Waals surface area contributed by atoms with E-state index in [0.29, 0.717) is 19.0 Å². The van der Waals surface area contributed by atoms with Gasteiger partial charge in [-0.3, -0.25) is 9.80 Å². The number of likely N-dealkylation sites (N-methyl/N-ethyl adjacent to an activating group) is 1. The fourth-order valence-electron chi connectivity index (χ4n) is 5.67. The van der Waals surface area contributed by atoms with Crippen LogP contribution in [0, 0.1) is 0 Å². The van der Waals surface area contributed by atoms with Crippen LogP contribution >= 0.6 is 0 Å². The molecule has 5 rings (SSSR count). The summed E-state index contributed by atoms with van der Waals surface area (Å²) in [6.45, 7) is 1.23. The number of carbonyl (C=O) groups excluding carboxylic acids is 1. The lowest BCUT2D eigenvalue weighted by atomic mass is 9.69. The molecule has 3 aromatic rings. The predicted molar refractivity (Wildman–Crippen MR) is 135 cm³/mol. The molecule has 2 aliphatic rings. The number of nitrogens with zero attached hydrogens (tertiary/aromatic N) is 4. The van der Waals surface area contributed by atoms with Crippen molar-refractivity contribution in [2.75, 3.05) is 50.6 Å². The molecule has 1 spiro atoms. The Morgan fingerprint density at radius 2 is 1.79 bits per heavy atom. The highest BCUT2D eigenvalue weighted by Gasteiger charge is 2.50. The molecule has 0 radical (unpaired) electrons. The maximum Gasteiger partial charge on any atom is 0.322 e. The lowest BCUT2D eigenvalue weighted by molar-refractivity contribution is 0.0658. The Hall–Kier alpha value is -3.10. The summed E-state index contributed by atoms with van der Waals surface area (Å²) in [6, 6.07) is 16.6. The van der Waals surface area contributed by atoms with Crippen molar-refractivity contribution in [1.82, 2.24) is 20.2 Å². The number of carbonyl (C=O) groups is 1. The van der Waals surface area contributed by atoms with Crippen molar-refractivity contribution in [3.05, 3.63) is 54.1 Å². The first-order valence-electron chi connectivity index (χ1n) is 12.0. The van der Waals surface area contributed by atoms with Crippen LogP contribution in [0.15, 0.2) is 48.5 Å². The van der Waals surface area contributed by atoms with E-state index < -0.39 is 0 Å². The number of fused-ring (bicyclic) bond motifs is 1. The van der Waals surface area contributed by atoms with Crippen molar-refractivity contribution in [1.29, 1.82) is 0 Å². The van der Waals surface area contributed by atoms with Crippen molar-refractivity contribution in [2.45, 2.75) is 36.8 Å². The highest BCUT2D eigenvalue weighted by molar-refractivity contribution is 5.97. The van der Waals surface area contributed by atoms with Crippen LogP contribution in [0.3, 0.4) is 0 Å². The molecule has 1 saturated heterocycles. The summed E-state index contributed by atoms with van der Waals surface area (Å²) in [6.07, 6.45) is 3.87. The highest BCUT2D eigenvalue weighted by Crippen LogP contribution is 2.46. The number of aromatic amines is 1. The lowest BCUT2D eigenvalue weighted by Gasteiger charge is -2.48. The average molecular weight is 463 g/mol. The Bertz CT molecular complexity index is 1170. The molecule has 0 unspecified atom stereocenters. The normalized spacial score (nSPS) is 24.9. The molecule has 2 heterocycles. The van der Waals surface area contributed by atoms with E-state index >= 15 is 0 Å². The van der Waals surface area contributed by atoms with Crippen LogP contribution < -0.4 is 15.1 Å². The predicted octanol–water partition coefficient (Wildman–Crippen LogP) is 3.29. The number of H-pyrrole nitrogens is 1. The zero-order valence-electron chi connectivity index (χ0n) is 20.2. The maximum atomic E-state index is 13.1. The van der Waals surface area contributed by atoms with E-state index in [1.54, 1.807) is 0 Å². The van der Waals surface area contributed by atoms with Crippen LogP contribution in [0.2, 0.25) is 0 Å². The number of nitrogens with one attached hydrogen (secondary N) is 2. The molecule has 1 aliphatic carbocycles. The molecule has 1 aliphatic heterocycles. The van der Waals surface area contributed by atoms with Gasteiger partial charge in [-0.1, -0.05) is 30.3 Å². The molecule has 2 fully saturated rings. The first-order valence-corrected chi connectivity index (χ1v) is 12.0. The van der Waals surface area contributed by atoms with Crippen molar-refractivity contribution in [3.8, 4) is 0 Å². The third-order valence-corrected chi connectivity index (χ3v) is 7.84. The molecule has 2 aromatic carbocycles. The molecule has 1 aromatic heterocycles. The van der Waals surface area contributed by atoms with E-state index in [1.807, 2.05) is 35.0 Å². The molecule has 180 valence electrons. The standard InChI is InChI=1S/C26H34N6O2/c1-30(2)26(19-7-5-4-6-8-19)13-11-25(12-14-26)18-32(24(34)29-25)20-9-10-21-22(17-20)28-23(27-21)31(3)15-16-33/h4-10,17,33H,11-16,18H2,1-3H3,(H,27,28)(H,29,34). The van der Waals surface area contributed by atoms with Crippen LogP contribution in [-0.4, -0.2) is 72.4 Å². The summed E-state index contributed by atoms with van der Waals surface area (Å²) in [5, 5.41) is 12.5. The molecule has 34 heavy (non-hydrogen) atoms. The van der Waals surface area contributed by atoms with Crippen LogP contribution in [0.4, 0.5) is 16.4 Å². The van der Waals surface area contributed by atoms with Gasteiger partial charge in [-0.05, 0) is 63.5 Å². The fourth-order valence-corrected chi connectivity index (χ4v) is 5.67. The summed E-state index contributed by atoms with van der Waals surface area (Å²) in [4.78, 5) is 27.1. The van der Waals surface area contributed by atoms with Crippen molar-refractivity contribution in [3.63, 3.8) is 0 Å². The number of hydrogen-bond acceptors (Lipinski definition) is 5. The van der Waals surface area contributed by atoms with Gasteiger partial charge in [0.05, 0.1) is 29.7 Å². The molecule has 1 saturated carbocycles. The van der Waals surface area contributed by atoms with Gasteiger partial charge in [0, 0.05) is 24.8 Å². The van der Waals surface area contributed by atoms with Gasteiger partial charge < -0.3 is 20.3 Å². The first-order chi connectivity index (χ1) is 16.4. The van der Waals surface area contributed by atoms with E-state index in [0.717, 1.165) is 42.4 Å². The maximum absolute atomic E-state index is 13.1. The third kappa shape index (κ3) is 3.80. The Labute approximate surface area is 200 Å².